The number of hydrogen-bond donors (Lipinski definition) is 1. The van der Waals surface area contributed by atoms with Gasteiger partial charge < -0.3 is 15.0 Å². The van der Waals surface area contributed by atoms with Crippen molar-refractivity contribution in [3.8, 4) is 5.75 Å². The minimum atomic E-state index is 0. The Bertz CT molecular complexity index is 350. The predicted octanol–water partition coefficient (Wildman–Crippen LogP) is 2.55. The lowest BCUT2D eigenvalue weighted by Gasteiger charge is -2.27. The number of piperidine rings is 1. The summed E-state index contributed by atoms with van der Waals surface area (Å²) in [5.74, 6) is 1.74. The standard InChI is InChI=1S/C15H24N2O.ClH/c1-17(12-14-4-3-9-16-10-14)11-13-5-7-15(18-2)8-6-13;/h5-8,14,16H,3-4,9-12H2,1-2H3;1H. The van der Waals surface area contributed by atoms with Crippen LogP contribution < -0.4 is 10.1 Å². The molecule has 1 aromatic rings. The Morgan fingerprint density at radius 2 is 2.05 bits per heavy atom. The zero-order valence-electron chi connectivity index (χ0n) is 11.9. The molecule has 3 nitrogen and oxygen atoms in total. The molecule has 2 rings (SSSR count). The van der Waals surface area contributed by atoms with Crippen LogP contribution in [0.4, 0.5) is 0 Å². The minimum absolute atomic E-state index is 0. The predicted molar refractivity (Wildman–Crippen MR) is 82.2 cm³/mol. The molecular weight excluding hydrogens is 260 g/mol. The molecule has 19 heavy (non-hydrogen) atoms. The maximum absolute atomic E-state index is 5.17. The van der Waals surface area contributed by atoms with Crippen LogP contribution in [0.2, 0.25) is 0 Å². The molecule has 1 N–H and O–H groups in total. The Morgan fingerprint density at radius 3 is 2.63 bits per heavy atom. The fourth-order valence-corrected chi connectivity index (χ4v) is 2.63. The van der Waals surface area contributed by atoms with Gasteiger partial charge in [0.2, 0.25) is 0 Å². The molecule has 4 heteroatoms. The molecule has 1 fully saturated rings. The van der Waals surface area contributed by atoms with E-state index in [0.717, 1.165) is 18.2 Å². The molecule has 1 unspecified atom stereocenters. The van der Waals surface area contributed by atoms with Crippen molar-refractivity contribution in [3.05, 3.63) is 29.8 Å². The molecule has 1 saturated heterocycles. The van der Waals surface area contributed by atoms with Crippen LogP contribution in [0, 0.1) is 5.92 Å². The van der Waals surface area contributed by atoms with Crippen LogP contribution in [0.5, 0.6) is 5.75 Å². The number of halogens is 1. The van der Waals surface area contributed by atoms with Crippen molar-refractivity contribution < 1.29 is 4.74 Å². The molecule has 0 aromatic heterocycles. The van der Waals surface area contributed by atoms with Gasteiger partial charge in [-0.15, -0.1) is 12.4 Å². The second kappa shape index (κ2) is 8.41. The van der Waals surface area contributed by atoms with E-state index in [1.165, 1.54) is 38.0 Å². The molecule has 0 saturated carbocycles. The summed E-state index contributed by atoms with van der Waals surface area (Å²) in [7, 11) is 3.91. The van der Waals surface area contributed by atoms with Gasteiger partial charge in [0.05, 0.1) is 7.11 Å². The fourth-order valence-electron chi connectivity index (χ4n) is 2.63. The van der Waals surface area contributed by atoms with E-state index >= 15 is 0 Å². The fraction of sp³-hybridized carbons (Fsp3) is 0.600. The molecule has 0 aliphatic carbocycles. The van der Waals surface area contributed by atoms with Crippen molar-refractivity contribution >= 4 is 12.4 Å². The van der Waals surface area contributed by atoms with Gasteiger partial charge in [-0.1, -0.05) is 12.1 Å². The van der Waals surface area contributed by atoms with E-state index in [0.29, 0.717) is 0 Å². The van der Waals surface area contributed by atoms with Crippen LogP contribution in [-0.4, -0.2) is 38.7 Å². The van der Waals surface area contributed by atoms with E-state index in [-0.39, 0.29) is 12.4 Å². The van der Waals surface area contributed by atoms with E-state index in [4.69, 9.17) is 4.74 Å². The maximum Gasteiger partial charge on any atom is 0.118 e. The van der Waals surface area contributed by atoms with Crippen molar-refractivity contribution in [1.29, 1.82) is 0 Å². The molecule has 0 amide bonds. The topological polar surface area (TPSA) is 24.5 Å². The summed E-state index contributed by atoms with van der Waals surface area (Å²) in [6.45, 7) is 4.56. The number of methoxy groups -OCH3 is 1. The van der Waals surface area contributed by atoms with Gasteiger partial charge in [0, 0.05) is 13.1 Å². The number of benzene rings is 1. The number of nitrogens with zero attached hydrogens (tertiary/aromatic N) is 1. The molecule has 1 aromatic carbocycles. The third kappa shape index (κ3) is 5.39. The monoisotopic (exact) mass is 284 g/mol. The largest absolute Gasteiger partial charge is 0.497 e. The van der Waals surface area contributed by atoms with E-state index in [2.05, 4.69) is 29.4 Å². The Kier molecular flexibility index (Phi) is 7.21. The first-order valence-electron chi connectivity index (χ1n) is 6.80. The smallest absolute Gasteiger partial charge is 0.118 e. The quantitative estimate of drug-likeness (QED) is 0.899. The first-order chi connectivity index (χ1) is 8.78. The van der Waals surface area contributed by atoms with Gasteiger partial charge in [-0.3, -0.25) is 0 Å². The highest BCUT2D eigenvalue weighted by molar-refractivity contribution is 5.85. The molecule has 1 heterocycles. The van der Waals surface area contributed by atoms with Crippen LogP contribution in [0.25, 0.3) is 0 Å². The third-order valence-electron chi connectivity index (χ3n) is 3.58. The summed E-state index contributed by atoms with van der Waals surface area (Å²) in [4.78, 5) is 2.42. The van der Waals surface area contributed by atoms with Crippen LogP contribution in [0.1, 0.15) is 18.4 Å². The van der Waals surface area contributed by atoms with E-state index in [1.54, 1.807) is 7.11 Å². The molecule has 0 bridgehead atoms. The van der Waals surface area contributed by atoms with E-state index in [1.807, 2.05) is 12.1 Å². The van der Waals surface area contributed by atoms with E-state index < -0.39 is 0 Å². The van der Waals surface area contributed by atoms with Gasteiger partial charge in [-0.05, 0) is 56.6 Å². The van der Waals surface area contributed by atoms with Gasteiger partial charge in [0.25, 0.3) is 0 Å². The zero-order valence-corrected chi connectivity index (χ0v) is 12.7. The normalized spacial score (nSPS) is 19.0. The average Bonchev–Trinajstić information content (AvgIpc) is 2.40. The Labute approximate surface area is 122 Å². The minimum Gasteiger partial charge on any atom is -0.497 e. The van der Waals surface area contributed by atoms with Crippen molar-refractivity contribution in [3.63, 3.8) is 0 Å². The molecule has 108 valence electrons. The maximum atomic E-state index is 5.17. The number of rotatable bonds is 5. The Hall–Kier alpha value is -0.770. The van der Waals surface area contributed by atoms with Crippen molar-refractivity contribution in [2.24, 2.45) is 5.92 Å². The molecular formula is C15H25ClN2O. The Balaban J connectivity index is 0.00000180. The lowest BCUT2D eigenvalue weighted by molar-refractivity contribution is 0.237. The van der Waals surface area contributed by atoms with Crippen molar-refractivity contribution in [2.75, 3.05) is 33.8 Å². The highest BCUT2D eigenvalue weighted by Crippen LogP contribution is 2.15. The zero-order chi connectivity index (χ0) is 12.8. The van der Waals surface area contributed by atoms with Gasteiger partial charge in [-0.2, -0.15) is 0 Å². The van der Waals surface area contributed by atoms with Gasteiger partial charge in [-0.25, -0.2) is 0 Å². The number of hydrogen-bond acceptors (Lipinski definition) is 3. The third-order valence-corrected chi connectivity index (χ3v) is 3.58. The van der Waals surface area contributed by atoms with Crippen LogP contribution >= 0.6 is 12.4 Å². The van der Waals surface area contributed by atoms with Crippen LogP contribution in [-0.2, 0) is 6.54 Å². The molecule has 0 spiro atoms. The van der Waals surface area contributed by atoms with Crippen LogP contribution in [0.3, 0.4) is 0 Å². The second-order valence-corrected chi connectivity index (χ2v) is 5.26. The van der Waals surface area contributed by atoms with Gasteiger partial charge >= 0.3 is 0 Å². The summed E-state index contributed by atoms with van der Waals surface area (Å²) in [5, 5.41) is 3.48. The summed E-state index contributed by atoms with van der Waals surface area (Å²) in [6.07, 6.45) is 2.68. The molecule has 1 aliphatic rings. The molecule has 1 atom stereocenters. The number of ether oxygens (including phenoxy) is 1. The number of nitrogens with one attached hydrogen (secondary N) is 1. The van der Waals surface area contributed by atoms with Crippen molar-refractivity contribution in [1.82, 2.24) is 10.2 Å². The summed E-state index contributed by atoms with van der Waals surface area (Å²) < 4.78 is 5.17. The van der Waals surface area contributed by atoms with Gasteiger partial charge in [0.1, 0.15) is 5.75 Å². The lowest BCUT2D eigenvalue weighted by atomic mass is 9.99. The first kappa shape index (κ1) is 16.3. The van der Waals surface area contributed by atoms with Crippen molar-refractivity contribution in [2.45, 2.75) is 19.4 Å². The second-order valence-electron chi connectivity index (χ2n) is 5.26. The Morgan fingerprint density at radius 1 is 1.32 bits per heavy atom. The molecule has 1 aliphatic heterocycles. The first-order valence-corrected chi connectivity index (χ1v) is 6.80. The lowest BCUT2D eigenvalue weighted by Crippen LogP contribution is -2.36. The summed E-state index contributed by atoms with van der Waals surface area (Å²) >= 11 is 0. The summed E-state index contributed by atoms with van der Waals surface area (Å²) in [5.41, 5.74) is 1.35. The SMILES string of the molecule is COc1ccc(CN(C)CC2CCCNC2)cc1.Cl. The molecule has 0 radical (unpaired) electrons. The summed E-state index contributed by atoms with van der Waals surface area (Å²) in [6, 6.07) is 8.36. The highest BCUT2D eigenvalue weighted by Gasteiger charge is 2.14. The van der Waals surface area contributed by atoms with Crippen LogP contribution in [0.15, 0.2) is 24.3 Å². The highest BCUT2D eigenvalue weighted by atomic mass is 35.5. The van der Waals surface area contributed by atoms with E-state index in [9.17, 15) is 0 Å². The van der Waals surface area contributed by atoms with Gasteiger partial charge in [0.15, 0.2) is 0 Å². The average molecular weight is 285 g/mol.